The molecule has 1 N–H and O–H groups in total. The van der Waals surface area contributed by atoms with Crippen LogP contribution in [0.4, 0.5) is 0 Å². The van der Waals surface area contributed by atoms with Crippen molar-refractivity contribution in [1.29, 1.82) is 0 Å². The van der Waals surface area contributed by atoms with Gasteiger partial charge >= 0.3 is 0 Å². The first-order chi connectivity index (χ1) is 9.78. The van der Waals surface area contributed by atoms with Crippen LogP contribution in [0.1, 0.15) is 24.8 Å². The molecule has 4 nitrogen and oxygen atoms in total. The Kier molecular flexibility index (Phi) is 5.14. The summed E-state index contributed by atoms with van der Waals surface area (Å²) < 4.78 is 16.5. The van der Waals surface area contributed by atoms with Gasteiger partial charge < -0.3 is 19.5 Å². The number of hydrogen-bond donors (Lipinski definition) is 1. The van der Waals surface area contributed by atoms with Gasteiger partial charge in [-0.25, -0.2) is 0 Å². The number of ether oxygens (including phenoxy) is 3. The molecule has 0 aromatic heterocycles. The lowest BCUT2D eigenvalue weighted by atomic mass is 10.1. The molecule has 1 aliphatic carbocycles. The Morgan fingerprint density at radius 3 is 2.40 bits per heavy atom. The molecule has 0 aliphatic heterocycles. The fraction of sp³-hybridized carbons (Fsp3) is 0.500. The Morgan fingerprint density at radius 2 is 1.90 bits per heavy atom. The Bertz CT molecular complexity index is 464. The first-order valence-electron chi connectivity index (χ1n) is 6.83. The molecule has 1 aromatic carbocycles. The van der Waals surface area contributed by atoms with Crippen molar-refractivity contribution in [3.8, 4) is 29.6 Å². The predicted octanol–water partition coefficient (Wildman–Crippen LogP) is 2.36. The molecular weight excluding hydrogens is 254 g/mol. The normalized spacial score (nSPS) is 13.7. The average molecular weight is 275 g/mol. The first-order valence-corrected chi connectivity index (χ1v) is 6.83. The largest absolute Gasteiger partial charge is 0.493 e. The summed E-state index contributed by atoms with van der Waals surface area (Å²) in [6.45, 7) is 1.25. The van der Waals surface area contributed by atoms with Crippen LogP contribution in [0.15, 0.2) is 12.1 Å². The van der Waals surface area contributed by atoms with Gasteiger partial charge in [-0.3, -0.25) is 0 Å². The zero-order chi connectivity index (χ0) is 14.4. The topological polar surface area (TPSA) is 39.7 Å². The minimum absolute atomic E-state index is 0.447. The maximum Gasteiger partial charge on any atom is 0.203 e. The first kappa shape index (κ1) is 14.5. The molecule has 0 spiro atoms. The van der Waals surface area contributed by atoms with E-state index in [0.29, 0.717) is 36.3 Å². The van der Waals surface area contributed by atoms with Gasteiger partial charge in [-0.15, -0.1) is 12.3 Å². The Labute approximate surface area is 120 Å². The number of benzene rings is 1. The molecule has 0 unspecified atom stereocenters. The van der Waals surface area contributed by atoms with Gasteiger partial charge in [0.05, 0.1) is 20.8 Å². The highest BCUT2D eigenvalue weighted by molar-refractivity contribution is 5.53. The van der Waals surface area contributed by atoms with Gasteiger partial charge in [0.25, 0.3) is 0 Å². The van der Waals surface area contributed by atoms with Crippen molar-refractivity contribution in [1.82, 2.24) is 5.32 Å². The van der Waals surface area contributed by atoms with E-state index in [1.807, 2.05) is 12.1 Å². The van der Waals surface area contributed by atoms with E-state index >= 15 is 0 Å². The second kappa shape index (κ2) is 7.06. The number of methoxy groups -OCH3 is 2. The maximum atomic E-state index is 5.67. The van der Waals surface area contributed by atoms with E-state index < -0.39 is 0 Å². The van der Waals surface area contributed by atoms with Crippen molar-refractivity contribution in [3.05, 3.63) is 17.7 Å². The van der Waals surface area contributed by atoms with Gasteiger partial charge in [0, 0.05) is 19.0 Å². The standard InChI is InChI=1S/C16H21NO3/c1-4-5-8-20-16-14(18-2)9-12(10-15(16)19-3)11-17-13-6-7-13/h1,9-10,13,17H,5-8,11H2,2-3H3. The minimum atomic E-state index is 0.447. The summed E-state index contributed by atoms with van der Waals surface area (Å²) in [5.74, 6) is 4.51. The van der Waals surface area contributed by atoms with Crippen LogP contribution in [0.3, 0.4) is 0 Å². The highest BCUT2D eigenvalue weighted by Crippen LogP contribution is 2.38. The van der Waals surface area contributed by atoms with Crippen molar-refractivity contribution in [3.63, 3.8) is 0 Å². The van der Waals surface area contributed by atoms with Gasteiger partial charge in [0.15, 0.2) is 11.5 Å². The summed E-state index contributed by atoms with van der Waals surface area (Å²) >= 11 is 0. The van der Waals surface area contributed by atoms with Crippen LogP contribution in [-0.4, -0.2) is 26.9 Å². The molecule has 0 amide bonds. The van der Waals surface area contributed by atoms with Crippen LogP contribution in [0, 0.1) is 12.3 Å². The van der Waals surface area contributed by atoms with E-state index in [1.165, 1.54) is 12.8 Å². The molecule has 20 heavy (non-hydrogen) atoms. The second-order valence-electron chi connectivity index (χ2n) is 4.79. The Balaban J connectivity index is 2.13. The van der Waals surface area contributed by atoms with Crippen LogP contribution >= 0.6 is 0 Å². The summed E-state index contributed by atoms with van der Waals surface area (Å²) in [5, 5.41) is 3.47. The van der Waals surface area contributed by atoms with Crippen molar-refractivity contribution in [2.45, 2.75) is 31.8 Å². The molecule has 1 aromatic rings. The average Bonchev–Trinajstić information content (AvgIpc) is 3.29. The van der Waals surface area contributed by atoms with Crippen molar-refractivity contribution >= 4 is 0 Å². The summed E-state index contributed by atoms with van der Waals surface area (Å²) in [6, 6.07) is 4.62. The molecule has 0 bridgehead atoms. The van der Waals surface area contributed by atoms with E-state index in [9.17, 15) is 0 Å². The quantitative estimate of drug-likeness (QED) is 0.584. The van der Waals surface area contributed by atoms with Crippen LogP contribution in [-0.2, 0) is 6.54 Å². The number of hydrogen-bond acceptors (Lipinski definition) is 4. The van der Waals surface area contributed by atoms with Gasteiger partial charge in [0.2, 0.25) is 5.75 Å². The number of nitrogens with one attached hydrogen (secondary N) is 1. The minimum Gasteiger partial charge on any atom is -0.493 e. The van der Waals surface area contributed by atoms with E-state index in [2.05, 4.69) is 11.2 Å². The molecule has 0 heterocycles. The molecule has 108 valence electrons. The van der Waals surface area contributed by atoms with Crippen molar-refractivity contribution in [2.75, 3.05) is 20.8 Å². The third-order valence-corrected chi connectivity index (χ3v) is 3.19. The van der Waals surface area contributed by atoms with Crippen LogP contribution in [0.25, 0.3) is 0 Å². The fourth-order valence-electron chi connectivity index (χ4n) is 1.94. The van der Waals surface area contributed by atoms with Gasteiger partial charge in [-0.1, -0.05) is 0 Å². The van der Waals surface area contributed by atoms with E-state index in [-0.39, 0.29) is 0 Å². The summed E-state index contributed by atoms with van der Waals surface area (Å²) in [7, 11) is 3.25. The third kappa shape index (κ3) is 3.82. The maximum absolute atomic E-state index is 5.67. The van der Waals surface area contributed by atoms with Crippen molar-refractivity contribution in [2.24, 2.45) is 0 Å². The van der Waals surface area contributed by atoms with E-state index in [0.717, 1.165) is 12.1 Å². The molecule has 0 atom stereocenters. The lowest BCUT2D eigenvalue weighted by molar-refractivity contribution is 0.280. The zero-order valence-corrected chi connectivity index (χ0v) is 12.1. The van der Waals surface area contributed by atoms with Crippen LogP contribution in [0.2, 0.25) is 0 Å². The fourth-order valence-corrected chi connectivity index (χ4v) is 1.94. The monoisotopic (exact) mass is 275 g/mol. The third-order valence-electron chi connectivity index (χ3n) is 3.19. The van der Waals surface area contributed by atoms with E-state index in [4.69, 9.17) is 20.6 Å². The molecule has 4 heteroatoms. The van der Waals surface area contributed by atoms with Gasteiger partial charge in [-0.05, 0) is 30.5 Å². The highest BCUT2D eigenvalue weighted by atomic mass is 16.5. The molecular formula is C16H21NO3. The lowest BCUT2D eigenvalue weighted by Gasteiger charge is -2.16. The smallest absolute Gasteiger partial charge is 0.203 e. The summed E-state index contributed by atoms with van der Waals surface area (Å²) in [6.07, 6.45) is 8.31. The van der Waals surface area contributed by atoms with Crippen molar-refractivity contribution < 1.29 is 14.2 Å². The van der Waals surface area contributed by atoms with Gasteiger partial charge in [-0.2, -0.15) is 0 Å². The predicted molar refractivity (Wildman–Crippen MR) is 78.4 cm³/mol. The molecule has 1 fully saturated rings. The lowest BCUT2D eigenvalue weighted by Crippen LogP contribution is -2.15. The SMILES string of the molecule is C#CCCOc1c(OC)cc(CNC2CC2)cc1OC. The summed E-state index contributed by atoms with van der Waals surface area (Å²) in [4.78, 5) is 0. The van der Waals surface area contributed by atoms with E-state index in [1.54, 1.807) is 14.2 Å². The molecule has 0 radical (unpaired) electrons. The zero-order valence-electron chi connectivity index (χ0n) is 12.1. The second-order valence-corrected chi connectivity index (χ2v) is 4.79. The molecule has 0 saturated heterocycles. The Morgan fingerprint density at radius 1 is 1.25 bits per heavy atom. The number of rotatable bonds is 8. The molecule has 1 saturated carbocycles. The summed E-state index contributed by atoms with van der Waals surface area (Å²) in [5.41, 5.74) is 1.12. The Hall–Kier alpha value is -1.86. The molecule has 2 rings (SSSR count). The van der Waals surface area contributed by atoms with Gasteiger partial charge in [0.1, 0.15) is 0 Å². The van der Waals surface area contributed by atoms with Crippen LogP contribution < -0.4 is 19.5 Å². The molecule has 1 aliphatic rings. The highest BCUT2D eigenvalue weighted by Gasteiger charge is 2.21. The van der Waals surface area contributed by atoms with Crippen LogP contribution in [0.5, 0.6) is 17.2 Å². The number of terminal acetylenes is 1.